The number of carbonyl (C=O) groups excluding carboxylic acids is 1. The molecule has 2 rings (SSSR count). The molecule has 2 heterocycles. The van der Waals surface area contributed by atoms with Gasteiger partial charge in [-0.3, -0.25) is 4.79 Å². The van der Waals surface area contributed by atoms with Gasteiger partial charge in [-0.05, 0) is 6.92 Å². The topological polar surface area (TPSA) is 56.2 Å². The summed E-state index contributed by atoms with van der Waals surface area (Å²) in [6.07, 6.45) is 4.55. The molecule has 1 N–H and O–H groups in total. The summed E-state index contributed by atoms with van der Waals surface area (Å²) in [7, 11) is 0. The van der Waals surface area contributed by atoms with Gasteiger partial charge < -0.3 is 14.6 Å². The number of rotatable bonds is 5. The van der Waals surface area contributed by atoms with Crippen molar-refractivity contribution in [2.45, 2.75) is 32.4 Å². The van der Waals surface area contributed by atoms with Crippen molar-refractivity contribution in [3.8, 4) is 0 Å². The molecule has 94 valence electrons. The Morgan fingerprint density at radius 3 is 3.29 bits per heavy atom. The minimum Gasteiger partial charge on any atom is -0.375 e. The third kappa shape index (κ3) is 3.38. The van der Waals surface area contributed by atoms with Gasteiger partial charge in [-0.25, -0.2) is 4.98 Å². The Kier molecular flexibility index (Phi) is 4.28. The molecule has 1 aromatic heterocycles. The number of aromatic nitrogens is 2. The largest absolute Gasteiger partial charge is 0.375 e. The van der Waals surface area contributed by atoms with E-state index in [1.165, 1.54) is 0 Å². The number of hydrogen-bond donors (Lipinski definition) is 1. The highest BCUT2D eigenvalue weighted by atomic mass is 16.5. The summed E-state index contributed by atoms with van der Waals surface area (Å²) in [5, 5.41) is 3.22. The van der Waals surface area contributed by atoms with Gasteiger partial charge in [0.2, 0.25) is 0 Å². The van der Waals surface area contributed by atoms with Gasteiger partial charge in [0.1, 0.15) is 11.6 Å². The zero-order valence-electron chi connectivity index (χ0n) is 10.2. The lowest BCUT2D eigenvalue weighted by atomic mass is 10.1. The molecule has 1 aromatic rings. The number of nitrogens with zero attached hydrogens (tertiary/aromatic N) is 2. The van der Waals surface area contributed by atoms with Crippen LogP contribution in [0.3, 0.4) is 0 Å². The van der Waals surface area contributed by atoms with E-state index in [0.717, 1.165) is 25.5 Å². The SMILES string of the molecule is CCn1ccnc1CC(=O)CC1CNCCO1. The highest BCUT2D eigenvalue weighted by Gasteiger charge is 2.18. The zero-order chi connectivity index (χ0) is 12.1. The van der Waals surface area contributed by atoms with Crippen LogP contribution in [0.4, 0.5) is 0 Å². The Morgan fingerprint density at radius 1 is 1.71 bits per heavy atom. The molecule has 0 saturated carbocycles. The van der Waals surface area contributed by atoms with E-state index >= 15 is 0 Å². The van der Waals surface area contributed by atoms with E-state index in [4.69, 9.17) is 4.74 Å². The smallest absolute Gasteiger partial charge is 0.143 e. The van der Waals surface area contributed by atoms with Crippen molar-refractivity contribution < 1.29 is 9.53 Å². The molecule has 0 bridgehead atoms. The van der Waals surface area contributed by atoms with Gasteiger partial charge in [-0.1, -0.05) is 0 Å². The molecule has 1 saturated heterocycles. The number of aryl methyl sites for hydroxylation is 1. The van der Waals surface area contributed by atoms with Crippen molar-refractivity contribution in [1.82, 2.24) is 14.9 Å². The number of ether oxygens (including phenoxy) is 1. The maximum Gasteiger partial charge on any atom is 0.143 e. The number of morpholine rings is 1. The van der Waals surface area contributed by atoms with Crippen molar-refractivity contribution in [3.05, 3.63) is 18.2 Å². The summed E-state index contributed by atoms with van der Waals surface area (Å²) >= 11 is 0. The normalized spacial score (nSPS) is 20.4. The fourth-order valence-corrected chi connectivity index (χ4v) is 2.05. The van der Waals surface area contributed by atoms with Crippen LogP contribution in [0.2, 0.25) is 0 Å². The van der Waals surface area contributed by atoms with Gasteiger partial charge in [0.25, 0.3) is 0 Å². The third-order valence-electron chi connectivity index (χ3n) is 2.96. The average Bonchev–Trinajstić information content (AvgIpc) is 2.77. The van der Waals surface area contributed by atoms with Crippen molar-refractivity contribution in [2.75, 3.05) is 19.7 Å². The van der Waals surface area contributed by atoms with Gasteiger partial charge in [-0.15, -0.1) is 0 Å². The molecule has 1 atom stereocenters. The first-order valence-corrected chi connectivity index (χ1v) is 6.13. The highest BCUT2D eigenvalue weighted by molar-refractivity contribution is 5.80. The van der Waals surface area contributed by atoms with Crippen LogP contribution < -0.4 is 5.32 Å². The number of imidazole rings is 1. The molecule has 0 radical (unpaired) electrons. The minimum absolute atomic E-state index is 0.0290. The molecule has 0 amide bonds. The quantitative estimate of drug-likeness (QED) is 0.805. The van der Waals surface area contributed by atoms with Crippen LogP contribution in [0.1, 0.15) is 19.2 Å². The summed E-state index contributed by atoms with van der Waals surface area (Å²) < 4.78 is 7.51. The predicted molar refractivity (Wildman–Crippen MR) is 63.8 cm³/mol. The molecule has 1 aliphatic rings. The molecular formula is C12H19N3O2. The number of nitrogens with one attached hydrogen (secondary N) is 1. The summed E-state index contributed by atoms with van der Waals surface area (Å²) in [4.78, 5) is 16.1. The molecule has 0 aromatic carbocycles. The lowest BCUT2D eigenvalue weighted by molar-refractivity contribution is -0.121. The average molecular weight is 237 g/mol. The first-order chi connectivity index (χ1) is 8.29. The van der Waals surface area contributed by atoms with E-state index in [1.807, 2.05) is 17.7 Å². The summed E-state index contributed by atoms with van der Waals surface area (Å²) in [6.45, 7) is 5.24. The van der Waals surface area contributed by atoms with Crippen LogP contribution in [-0.2, 0) is 22.5 Å². The van der Waals surface area contributed by atoms with Crippen molar-refractivity contribution in [3.63, 3.8) is 0 Å². The van der Waals surface area contributed by atoms with Crippen molar-refractivity contribution in [1.29, 1.82) is 0 Å². The molecule has 17 heavy (non-hydrogen) atoms. The van der Waals surface area contributed by atoms with Crippen LogP contribution >= 0.6 is 0 Å². The third-order valence-corrected chi connectivity index (χ3v) is 2.96. The van der Waals surface area contributed by atoms with E-state index in [-0.39, 0.29) is 11.9 Å². The van der Waals surface area contributed by atoms with Crippen molar-refractivity contribution >= 4 is 5.78 Å². The number of Topliss-reactive ketones (excluding diaryl/α,β-unsaturated/α-hetero) is 1. The lowest BCUT2D eigenvalue weighted by Gasteiger charge is -2.22. The van der Waals surface area contributed by atoms with Gasteiger partial charge in [0, 0.05) is 38.4 Å². The fraction of sp³-hybridized carbons (Fsp3) is 0.667. The molecule has 1 unspecified atom stereocenters. The second-order valence-electron chi connectivity index (χ2n) is 4.25. The molecule has 0 spiro atoms. The van der Waals surface area contributed by atoms with Crippen LogP contribution in [-0.4, -0.2) is 41.1 Å². The summed E-state index contributed by atoms with van der Waals surface area (Å²) in [6, 6.07) is 0. The molecule has 1 fully saturated rings. The number of ketones is 1. The number of hydrogen-bond acceptors (Lipinski definition) is 4. The maximum absolute atomic E-state index is 11.9. The van der Waals surface area contributed by atoms with E-state index in [0.29, 0.717) is 19.4 Å². The second-order valence-corrected chi connectivity index (χ2v) is 4.25. The molecule has 5 heteroatoms. The molecule has 0 aliphatic carbocycles. The zero-order valence-corrected chi connectivity index (χ0v) is 10.2. The van der Waals surface area contributed by atoms with Gasteiger partial charge in [-0.2, -0.15) is 0 Å². The Balaban J connectivity index is 1.84. The maximum atomic E-state index is 11.9. The molecule has 5 nitrogen and oxygen atoms in total. The Morgan fingerprint density at radius 2 is 2.59 bits per heavy atom. The predicted octanol–water partition coefficient (Wildman–Crippen LogP) is 0.393. The van der Waals surface area contributed by atoms with Crippen molar-refractivity contribution in [2.24, 2.45) is 0 Å². The molecule has 1 aliphatic heterocycles. The summed E-state index contributed by atoms with van der Waals surface area (Å²) in [5.74, 6) is 1.04. The van der Waals surface area contributed by atoms with Crippen LogP contribution in [0.15, 0.2) is 12.4 Å². The summed E-state index contributed by atoms with van der Waals surface area (Å²) in [5.41, 5.74) is 0. The van der Waals surface area contributed by atoms with Gasteiger partial charge in [0.05, 0.1) is 19.1 Å². The second kappa shape index (κ2) is 5.93. The van der Waals surface area contributed by atoms with E-state index in [1.54, 1.807) is 6.20 Å². The van der Waals surface area contributed by atoms with Gasteiger partial charge in [0.15, 0.2) is 0 Å². The highest BCUT2D eigenvalue weighted by Crippen LogP contribution is 2.06. The van der Waals surface area contributed by atoms with E-state index < -0.39 is 0 Å². The standard InChI is InChI=1S/C12H19N3O2/c1-2-15-5-3-14-12(15)8-10(16)7-11-9-13-4-6-17-11/h3,5,11,13H,2,4,6-9H2,1H3. The first kappa shape index (κ1) is 12.3. The van der Waals surface area contributed by atoms with E-state index in [9.17, 15) is 4.79 Å². The minimum atomic E-state index is 0.0290. The number of carbonyl (C=O) groups is 1. The Labute approximate surface area is 101 Å². The van der Waals surface area contributed by atoms with Crippen LogP contribution in [0.25, 0.3) is 0 Å². The monoisotopic (exact) mass is 237 g/mol. The molecular weight excluding hydrogens is 218 g/mol. The van der Waals surface area contributed by atoms with Crippen LogP contribution in [0, 0.1) is 0 Å². The Hall–Kier alpha value is -1.20. The Bertz CT molecular complexity index is 370. The van der Waals surface area contributed by atoms with Gasteiger partial charge >= 0.3 is 0 Å². The fourth-order valence-electron chi connectivity index (χ4n) is 2.05. The first-order valence-electron chi connectivity index (χ1n) is 6.13. The lowest BCUT2D eigenvalue weighted by Crippen LogP contribution is -2.39. The van der Waals surface area contributed by atoms with E-state index in [2.05, 4.69) is 10.3 Å². The van der Waals surface area contributed by atoms with Crippen LogP contribution in [0.5, 0.6) is 0 Å².